The minimum Gasteiger partial charge on any atom is -0.354 e. The van der Waals surface area contributed by atoms with Crippen LogP contribution in [0.2, 0.25) is 0 Å². The summed E-state index contributed by atoms with van der Waals surface area (Å²) in [6.07, 6.45) is 0.840. The summed E-state index contributed by atoms with van der Waals surface area (Å²) < 4.78 is 2.85. The summed E-state index contributed by atoms with van der Waals surface area (Å²) >= 11 is 0. The van der Waals surface area contributed by atoms with Crippen LogP contribution in [0.3, 0.4) is 0 Å². The molecule has 0 saturated heterocycles. The molecule has 0 aliphatic heterocycles. The van der Waals surface area contributed by atoms with E-state index in [9.17, 15) is 9.59 Å². The summed E-state index contributed by atoms with van der Waals surface area (Å²) in [5.41, 5.74) is 1.47. The summed E-state index contributed by atoms with van der Waals surface area (Å²) in [7, 11) is 0. The van der Waals surface area contributed by atoms with Gasteiger partial charge in [-0.05, 0) is 39.3 Å². The van der Waals surface area contributed by atoms with Crippen molar-refractivity contribution < 1.29 is 4.79 Å². The molecule has 2 heterocycles. The minimum absolute atomic E-state index is 0.220. The molecular weight excluding hydrogens is 282 g/mol. The molecule has 7 heteroatoms. The Labute approximate surface area is 129 Å². The van der Waals surface area contributed by atoms with Crippen LogP contribution in [0, 0.1) is 13.8 Å². The maximum atomic E-state index is 12.0. The number of rotatable bonds is 5. The van der Waals surface area contributed by atoms with E-state index < -0.39 is 6.04 Å². The summed E-state index contributed by atoms with van der Waals surface area (Å²) in [6, 6.07) is 4.27. The quantitative estimate of drug-likeness (QED) is 0.898. The van der Waals surface area contributed by atoms with Crippen molar-refractivity contribution in [3.63, 3.8) is 0 Å². The Morgan fingerprint density at radius 2 is 2.05 bits per heavy atom. The van der Waals surface area contributed by atoms with Crippen molar-refractivity contribution in [3.05, 3.63) is 39.9 Å². The summed E-state index contributed by atoms with van der Waals surface area (Å²) in [5, 5.41) is 11.4. The van der Waals surface area contributed by atoms with Crippen molar-refractivity contribution in [1.82, 2.24) is 24.9 Å². The summed E-state index contributed by atoms with van der Waals surface area (Å²) in [4.78, 5) is 24.0. The van der Waals surface area contributed by atoms with Gasteiger partial charge in [0.25, 0.3) is 5.56 Å². The van der Waals surface area contributed by atoms with E-state index in [4.69, 9.17) is 0 Å². The molecule has 1 N–H and O–H groups in total. The zero-order valence-corrected chi connectivity index (χ0v) is 13.3. The van der Waals surface area contributed by atoms with Crippen LogP contribution in [0.4, 0.5) is 0 Å². The molecule has 2 aromatic rings. The van der Waals surface area contributed by atoms with Crippen molar-refractivity contribution in [2.24, 2.45) is 0 Å². The van der Waals surface area contributed by atoms with Gasteiger partial charge in [-0.15, -0.1) is 5.10 Å². The highest BCUT2D eigenvalue weighted by atomic mass is 16.2. The van der Waals surface area contributed by atoms with Crippen molar-refractivity contribution in [1.29, 1.82) is 0 Å². The van der Waals surface area contributed by atoms with Gasteiger partial charge in [0.2, 0.25) is 5.91 Å². The predicted octanol–water partition coefficient (Wildman–Crippen LogP) is 1.13. The normalized spacial score (nSPS) is 12.2. The third kappa shape index (κ3) is 3.24. The van der Waals surface area contributed by atoms with Gasteiger partial charge in [0.1, 0.15) is 6.04 Å². The monoisotopic (exact) mass is 303 g/mol. The fraction of sp³-hybridized carbons (Fsp3) is 0.467. The van der Waals surface area contributed by atoms with E-state index in [0.717, 1.165) is 17.8 Å². The van der Waals surface area contributed by atoms with Gasteiger partial charge < -0.3 is 5.32 Å². The Bertz CT molecular complexity index is 732. The minimum atomic E-state index is -0.670. The highest BCUT2D eigenvalue weighted by molar-refractivity contribution is 5.79. The zero-order valence-electron chi connectivity index (χ0n) is 13.3. The average Bonchev–Trinajstić information content (AvgIpc) is 2.83. The van der Waals surface area contributed by atoms with Gasteiger partial charge >= 0.3 is 0 Å². The molecular formula is C15H21N5O2. The molecule has 0 fully saturated rings. The maximum Gasteiger partial charge on any atom is 0.267 e. The van der Waals surface area contributed by atoms with Gasteiger partial charge in [-0.25, -0.2) is 9.36 Å². The van der Waals surface area contributed by atoms with Gasteiger partial charge in [0, 0.05) is 18.3 Å². The molecule has 0 aromatic carbocycles. The second-order valence-electron chi connectivity index (χ2n) is 5.28. The average molecular weight is 303 g/mol. The van der Waals surface area contributed by atoms with E-state index in [-0.39, 0.29) is 11.5 Å². The summed E-state index contributed by atoms with van der Waals surface area (Å²) in [6.45, 7) is 8.01. The number of nitrogens with one attached hydrogen (secondary N) is 1. The number of amides is 1. The lowest BCUT2D eigenvalue weighted by atomic mass is 10.3. The number of nitrogens with zero attached hydrogens (tertiary/aromatic N) is 4. The fourth-order valence-corrected chi connectivity index (χ4v) is 2.17. The van der Waals surface area contributed by atoms with Crippen molar-refractivity contribution in [3.8, 4) is 5.82 Å². The number of carbonyl (C=O) groups is 1. The molecule has 2 aromatic heterocycles. The topological polar surface area (TPSA) is 81.8 Å². The Morgan fingerprint density at radius 3 is 2.64 bits per heavy atom. The van der Waals surface area contributed by atoms with E-state index >= 15 is 0 Å². The number of aromatic nitrogens is 4. The summed E-state index contributed by atoms with van der Waals surface area (Å²) in [5.74, 6) is 0.294. The molecule has 1 amide bonds. The van der Waals surface area contributed by atoms with Crippen molar-refractivity contribution in [2.45, 2.75) is 40.2 Å². The van der Waals surface area contributed by atoms with Crippen LogP contribution in [-0.4, -0.2) is 32.0 Å². The third-order valence-electron chi connectivity index (χ3n) is 3.33. The molecule has 7 nitrogen and oxygen atoms in total. The van der Waals surface area contributed by atoms with Gasteiger partial charge in [-0.2, -0.15) is 5.10 Å². The lowest BCUT2D eigenvalue weighted by Crippen LogP contribution is -2.37. The molecule has 0 spiro atoms. The van der Waals surface area contributed by atoms with Crippen LogP contribution in [0.1, 0.15) is 37.7 Å². The maximum absolute atomic E-state index is 12.0. The van der Waals surface area contributed by atoms with E-state index in [1.54, 1.807) is 17.7 Å². The Kier molecular flexibility index (Phi) is 4.75. The van der Waals surface area contributed by atoms with Gasteiger partial charge in [-0.3, -0.25) is 9.59 Å². The van der Waals surface area contributed by atoms with E-state index in [1.165, 1.54) is 10.7 Å². The predicted molar refractivity (Wildman–Crippen MR) is 83.1 cm³/mol. The number of hydrogen-bond acceptors (Lipinski definition) is 4. The fourth-order valence-electron chi connectivity index (χ4n) is 2.17. The lowest BCUT2D eigenvalue weighted by Gasteiger charge is -2.14. The van der Waals surface area contributed by atoms with Crippen LogP contribution >= 0.6 is 0 Å². The van der Waals surface area contributed by atoms with Crippen molar-refractivity contribution in [2.75, 3.05) is 6.54 Å². The van der Waals surface area contributed by atoms with Crippen LogP contribution in [-0.2, 0) is 4.79 Å². The first-order chi connectivity index (χ1) is 10.4. The van der Waals surface area contributed by atoms with Crippen LogP contribution in [0.5, 0.6) is 0 Å². The SMILES string of the molecule is CCCNC(=O)C(C)n1nc(-n2nc(C)cc2C)ccc1=O. The standard InChI is InChI=1S/C15H21N5O2/c1-5-8-16-15(22)12(4)20-14(21)7-6-13(18-20)19-11(3)9-10(2)17-19/h6-7,9,12H,5,8H2,1-4H3,(H,16,22). The molecule has 0 aliphatic carbocycles. The first-order valence-corrected chi connectivity index (χ1v) is 7.35. The smallest absolute Gasteiger partial charge is 0.267 e. The van der Waals surface area contributed by atoms with Gasteiger partial charge in [0.05, 0.1) is 5.69 Å². The lowest BCUT2D eigenvalue weighted by molar-refractivity contribution is -0.124. The van der Waals surface area contributed by atoms with Crippen molar-refractivity contribution >= 4 is 5.91 Å². The Hall–Kier alpha value is -2.44. The molecule has 1 atom stereocenters. The zero-order chi connectivity index (χ0) is 16.3. The molecule has 2 rings (SSSR count). The molecule has 0 radical (unpaired) electrons. The van der Waals surface area contributed by atoms with E-state index in [2.05, 4.69) is 15.5 Å². The Balaban J connectivity index is 2.37. The highest BCUT2D eigenvalue weighted by Crippen LogP contribution is 2.09. The molecule has 1 unspecified atom stereocenters. The first kappa shape index (κ1) is 15.9. The second-order valence-corrected chi connectivity index (χ2v) is 5.28. The van der Waals surface area contributed by atoms with Crippen LogP contribution in [0.15, 0.2) is 23.0 Å². The van der Waals surface area contributed by atoms with Crippen LogP contribution in [0.25, 0.3) is 5.82 Å². The second kappa shape index (κ2) is 6.55. The number of aryl methyl sites for hydroxylation is 2. The van der Waals surface area contributed by atoms with E-state index in [0.29, 0.717) is 12.4 Å². The molecule has 118 valence electrons. The molecule has 0 saturated carbocycles. The van der Waals surface area contributed by atoms with E-state index in [1.807, 2.05) is 26.8 Å². The Morgan fingerprint density at radius 1 is 1.32 bits per heavy atom. The molecule has 0 aliphatic rings. The first-order valence-electron chi connectivity index (χ1n) is 7.35. The van der Waals surface area contributed by atoms with Crippen LogP contribution < -0.4 is 10.9 Å². The number of carbonyl (C=O) groups excluding carboxylic acids is 1. The molecule has 22 heavy (non-hydrogen) atoms. The number of hydrogen-bond donors (Lipinski definition) is 1. The van der Waals surface area contributed by atoms with Gasteiger partial charge in [-0.1, -0.05) is 6.92 Å². The molecule has 0 bridgehead atoms. The highest BCUT2D eigenvalue weighted by Gasteiger charge is 2.18. The largest absolute Gasteiger partial charge is 0.354 e. The third-order valence-corrected chi connectivity index (χ3v) is 3.33. The van der Waals surface area contributed by atoms with Gasteiger partial charge in [0.15, 0.2) is 5.82 Å².